The maximum atomic E-state index is 12.4. The number of cyclic esters (lactones) is 1. The van der Waals surface area contributed by atoms with Crippen molar-refractivity contribution >= 4 is 29.3 Å². The van der Waals surface area contributed by atoms with Gasteiger partial charge in [-0.05, 0) is 49.6 Å². The molecule has 9 nitrogen and oxygen atoms in total. The van der Waals surface area contributed by atoms with Gasteiger partial charge in [0.25, 0.3) is 0 Å². The van der Waals surface area contributed by atoms with E-state index in [1.165, 1.54) is 0 Å². The maximum absolute atomic E-state index is 12.4. The van der Waals surface area contributed by atoms with Crippen molar-refractivity contribution in [2.24, 2.45) is 11.7 Å². The molecule has 0 spiro atoms. The predicted octanol–water partition coefficient (Wildman–Crippen LogP) is 2.87. The van der Waals surface area contributed by atoms with Gasteiger partial charge in [-0.25, -0.2) is 4.79 Å². The van der Waals surface area contributed by atoms with E-state index in [4.69, 9.17) is 20.6 Å². The summed E-state index contributed by atoms with van der Waals surface area (Å²) in [6, 6.07) is 15.4. The number of ether oxygens (including phenoxy) is 2. The van der Waals surface area contributed by atoms with Gasteiger partial charge in [-0.2, -0.15) is 0 Å². The molecule has 186 valence electrons. The summed E-state index contributed by atoms with van der Waals surface area (Å²) in [5.41, 5.74) is 9.14. The van der Waals surface area contributed by atoms with Gasteiger partial charge in [0.1, 0.15) is 11.9 Å². The molecule has 0 radical (unpaired) electrons. The lowest BCUT2D eigenvalue weighted by molar-refractivity contribution is -0.148. The van der Waals surface area contributed by atoms with Crippen LogP contribution in [0.5, 0.6) is 0 Å². The second-order valence-electron chi connectivity index (χ2n) is 8.89. The average molecular weight is 480 g/mol. The zero-order valence-corrected chi connectivity index (χ0v) is 20.0. The first-order chi connectivity index (χ1) is 16.9. The van der Waals surface area contributed by atoms with Crippen LogP contribution < -0.4 is 20.9 Å². The third-order valence-corrected chi connectivity index (χ3v) is 6.48. The van der Waals surface area contributed by atoms with E-state index in [-0.39, 0.29) is 29.9 Å². The fraction of sp³-hybridized carbons (Fsp3) is 0.423. The number of anilines is 2. The lowest BCUT2D eigenvalue weighted by Crippen LogP contribution is -2.37. The molecule has 0 bridgehead atoms. The standard InChI is InChI=1S/C26H33N5O4/c1-2-34-25(32)20-11-13-30(14-12-20)21-7-9-22(10-8-21)31-17-23(35-26(31)33)16-29-15-18-3-5-19(6-4-18)24(27)28/h3-10,20,23,29H,2,11-17H2,1H3,(H3,27,28)/t23-/m1/s1. The molecule has 2 aliphatic rings. The topological polar surface area (TPSA) is 121 Å². The Balaban J connectivity index is 1.25. The fourth-order valence-corrected chi connectivity index (χ4v) is 4.50. The van der Waals surface area contributed by atoms with Crippen molar-refractivity contribution in [2.75, 3.05) is 42.6 Å². The summed E-state index contributed by atoms with van der Waals surface area (Å²) >= 11 is 0. The Morgan fingerprint density at radius 3 is 2.40 bits per heavy atom. The quantitative estimate of drug-likeness (QED) is 0.287. The molecule has 2 heterocycles. The number of carbonyl (C=O) groups is 2. The van der Waals surface area contributed by atoms with Gasteiger partial charge in [-0.15, -0.1) is 0 Å². The summed E-state index contributed by atoms with van der Waals surface area (Å²) in [4.78, 5) is 28.3. The summed E-state index contributed by atoms with van der Waals surface area (Å²) in [5, 5.41) is 10.8. The fourth-order valence-electron chi connectivity index (χ4n) is 4.50. The first-order valence-corrected chi connectivity index (χ1v) is 12.1. The molecule has 1 amide bonds. The van der Waals surface area contributed by atoms with Gasteiger partial charge in [0.15, 0.2) is 0 Å². The molecule has 4 rings (SSSR count). The minimum absolute atomic E-state index is 0.0182. The average Bonchev–Trinajstić information content (AvgIpc) is 3.25. The largest absolute Gasteiger partial charge is 0.466 e. The van der Waals surface area contributed by atoms with E-state index in [0.717, 1.165) is 42.9 Å². The van der Waals surface area contributed by atoms with Crippen molar-refractivity contribution < 1.29 is 19.1 Å². The Kier molecular flexibility index (Phi) is 7.87. The summed E-state index contributed by atoms with van der Waals surface area (Å²) in [6.45, 7) is 5.53. The molecule has 4 N–H and O–H groups in total. The second kappa shape index (κ2) is 11.2. The molecule has 2 fully saturated rings. The van der Waals surface area contributed by atoms with Crippen LogP contribution in [0.25, 0.3) is 0 Å². The number of piperidine rings is 1. The van der Waals surface area contributed by atoms with Crippen LogP contribution in [0.3, 0.4) is 0 Å². The minimum atomic E-state index is -0.342. The molecular formula is C26H33N5O4. The van der Waals surface area contributed by atoms with Crippen molar-refractivity contribution in [3.8, 4) is 0 Å². The number of esters is 1. The van der Waals surface area contributed by atoms with E-state index in [1.54, 1.807) is 4.90 Å². The van der Waals surface area contributed by atoms with Crippen LogP contribution >= 0.6 is 0 Å². The molecule has 0 aromatic heterocycles. The smallest absolute Gasteiger partial charge is 0.414 e. The van der Waals surface area contributed by atoms with Gasteiger partial charge < -0.3 is 25.4 Å². The third kappa shape index (κ3) is 6.10. The van der Waals surface area contributed by atoms with Crippen LogP contribution in [0.2, 0.25) is 0 Å². The molecule has 0 saturated carbocycles. The highest BCUT2D eigenvalue weighted by molar-refractivity contribution is 5.94. The predicted molar refractivity (Wildman–Crippen MR) is 135 cm³/mol. The number of amidine groups is 1. The highest BCUT2D eigenvalue weighted by Crippen LogP contribution is 2.28. The van der Waals surface area contributed by atoms with Crippen molar-refractivity contribution in [1.29, 1.82) is 5.41 Å². The first kappa shape index (κ1) is 24.5. The van der Waals surface area contributed by atoms with Crippen molar-refractivity contribution in [3.63, 3.8) is 0 Å². The van der Waals surface area contributed by atoms with Crippen molar-refractivity contribution in [3.05, 3.63) is 59.7 Å². The first-order valence-electron chi connectivity index (χ1n) is 12.1. The number of nitrogens with zero attached hydrogens (tertiary/aromatic N) is 2. The van der Waals surface area contributed by atoms with Gasteiger partial charge in [0, 0.05) is 43.1 Å². The minimum Gasteiger partial charge on any atom is -0.466 e. The second-order valence-corrected chi connectivity index (χ2v) is 8.89. The molecule has 2 aliphatic heterocycles. The van der Waals surface area contributed by atoms with Crippen LogP contribution in [-0.4, -0.2) is 56.8 Å². The summed E-state index contributed by atoms with van der Waals surface area (Å²) < 4.78 is 10.7. The number of amides is 1. The van der Waals surface area contributed by atoms with Gasteiger partial charge in [0.05, 0.1) is 19.1 Å². The van der Waals surface area contributed by atoms with E-state index >= 15 is 0 Å². The molecule has 2 saturated heterocycles. The molecule has 0 unspecified atom stereocenters. The van der Waals surface area contributed by atoms with E-state index in [2.05, 4.69) is 10.2 Å². The Labute approximate surface area is 205 Å². The maximum Gasteiger partial charge on any atom is 0.414 e. The van der Waals surface area contributed by atoms with Crippen LogP contribution in [0, 0.1) is 11.3 Å². The molecule has 35 heavy (non-hydrogen) atoms. The Morgan fingerprint density at radius 2 is 1.77 bits per heavy atom. The monoisotopic (exact) mass is 479 g/mol. The lowest BCUT2D eigenvalue weighted by Gasteiger charge is -2.32. The number of hydrogen-bond acceptors (Lipinski definition) is 7. The number of benzene rings is 2. The third-order valence-electron chi connectivity index (χ3n) is 6.48. The number of hydrogen-bond donors (Lipinski definition) is 3. The normalized spacial score (nSPS) is 18.4. The van der Waals surface area contributed by atoms with Crippen molar-refractivity contribution in [1.82, 2.24) is 5.32 Å². The molecule has 2 aromatic carbocycles. The number of nitrogens with two attached hydrogens (primary N) is 1. The zero-order valence-electron chi connectivity index (χ0n) is 20.0. The van der Waals surface area contributed by atoms with Crippen LogP contribution in [-0.2, 0) is 20.8 Å². The Morgan fingerprint density at radius 1 is 1.11 bits per heavy atom. The lowest BCUT2D eigenvalue weighted by atomic mass is 9.96. The SMILES string of the molecule is CCOC(=O)C1CCN(c2ccc(N3C[C@@H](CNCc4ccc(C(=N)N)cc4)OC3=O)cc2)CC1. The highest BCUT2D eigenvalue weighted by Gasteiger charge is 2.32. The van der Waals surface area contributed by atoms with Crippen LogP contribution in [0.1, 0.15) is 30.9 Å². The van der Waals surface area contributed by atoms with Gasteiger partial charge in [-0.3, -0.25) is 15.1 Å². The zero-order chi connectivity index (χ0) is 24.8. The number of rotatable bonds is 9. The Hall–Kier alpha value is -3.59. The van der Waals surface area contributed by atoms with E-state index in [0.29, 0.717) is 31.8 Å². The van der Waals surface area contributed by atoms with Gasteiger partial charge in [0.2, 0.25) is 0 Å². The van der Waals surface area contributed by atoms with E-state index in [1.807, 2.05) is 55.5 Å². The molecule has 1 atom stereocenters. The summed E-state index contributed by atoms with van der Waals surface area (Å²) in [6.07, 6.45) is 0.995. The van der Waals surface area contributed by atoms with Crippen LogP contribution in [0.15, 0.2) is 48.5 Å². The molecule has 9 heteroatoms. The summed E-state index contributed by atoms with van der Waals surface area (Å²) in [7, 11) is 0. The number of nitrogen functional groups attached to an aromatic ring is 1. The van der Waals surface area contributed by atoms with Crippen LogP contribution in [0.4, 0.5) is 16.2 Å². The van der Waals surface area contributed by atoms with Crippen molar-refractivity contribution in [2.45, 2.75) is 32.4 Å². The van der Waals surface area contributed by atoms with Gasteiger partial charge in [-0.1, -0.05) is 24.3 Å². The van der Waals surface area contributed by atoms with E-state index < -0.39 is 0 Å². The van der Waals surface area contributed by atoms with E-state index in [9.17, 15) is 9.59 Å². The molecular weight excluding hydrogens is 446 g/mol. The summed E-state index contributed by atoms with van der Waals surface area (Å²) in [5.74, 6) is -0.0608. The highest BCUT2D eigenvalue weighted by atomic mass is 16.6. The van der Waals surface area contributed by atoms with Gasteiger partial charge >= 0.3 is 12.1 Å². The number of carbonyl (C=O) groups excluding carboxylic acids is 2. The number of nitrogens with one attached hydrogen (secondary N) is 2. The molecule has 2 aromatic rings. The Bertz CT molecular complexity index is 1030. The molecule has 0 aliphatic carbocycles.